The standard InChI is InChI=1S/C14H9BrClIN2OS/c15-7-1-4-12(10(5-7)13(18)21)19-14(20)9-6-8(16)2-3-11(9)17/h1-6H,(H2,18,21)(H,19,20). The summed E-state index contributed by atoms with van der Waals surface area (Å²) < 4.78 is 1.64. The fourth-order valence-corrected chi connectivity index (χ4v) is 2.97. The number of hydrogen-bond donors (Lipinski definition) is 2. The number of hydrogen-bond acceptors (Lipinski definition) is 2. The van der Waals surface area contributed by atoms with Crippen molar-refractivity contribution < 1.29 is 4.79 Å². The molecule has 7 heteroatoms. The zero-order valence-electron chi connectivity index (χ0n) is 10.5. The monoisotopic (exact) mass is 494 g/mol. The molecule has 0 radical (unpaired) electrons. The SMILES string of the molecule is NC(=S)c1cc(Br)ccc1NC(=O)c1cc(Cl)ccc1I. The van der Waals surface area contributed by atoms with Gasteiger partial charge in [0.25, 0.3) is 5.91 Å². The molecule has 108 valence electrons. The Morgan fingerprint density at radius 2 is 1.95 bits per heavy atom. The van der Waals surface area contributed by atoms with E-state index in [0.29, 0.717) is 21.8 Å². The first-order valence-corrected chi connectivity index (χ1v) is 8.40. The Hall–Kier alpha value is -0.700. The van der Waals surface area contributed by atoms with Gasteiger partial charge in [0.2, 0.25) is 0 Å². The third kappa shape index (κ3) is 4.15. The number of benzene rings is 2. The van der Waals surface area contributed by atoms with Crippen molar-refractivity contribution in [1.29, 1.82) is 0 Å². The molecule has 0 bridgehead atoms. The Labute approximate surface area is 154 Å². The highest BCUT2D eigenvalue weighted by molar-refractivity contribution is 14.1. The molecule has 1 amide bonds. The third-order valence-electron chi connectivity index (χ3n) is 2.67. The van der Waals surface area contributed by atoms with Crippen molar-refractivity contribution in [3.8, 4) is 0 Å². The topological polar surface area (TPSA) is 55.1 Å². The lowest BCUT2D eigenvalue weighted by molar-refractivity contribution is 0.102. The fraction of sp³-hybridized carbons (Fsp3) is 0. The van der Waals surface area contributed by atoms with Crippen molar-refractivity contribution in [2.24, 2.45) is 5.73 Å². The minimum absolute atomic E-state index is 0.215. The van der Waals surface area contributed by atoms with Crippen LogP contribution in [0.3, 0.4) is 0 Å². The van der Waals surface area contributed by atoms with Crippen LogP contribution < -0.4 is 11.1 Å². The second kappa shape index (κ2) is 7.04. The van der Waals surface area contributed by atoms with Crippen LogP contribution in [0.5, 0.6) is 0 Å². The number of nitrogens with two attached hydrogens (primary N) is 1. The number of halogens is 3. The second-order valence-electron chi connectivity index (χ2n) is 4.13. The summed E-state index contributed by atoms with van der Waals surface area (Å²) in [5, 5.41) is 3.32. The molecule has 2 aromatic rings. The lowest BCUT2D eigenvalue weighted by Gasteiger charge is -2.11. The van der Waals surface area contributed by atoms with Gasteiger partial charge < -0.3 is 11.1 Å². The van der Waals surface area contributed by atoms with Gasteiger partial charge >= 0.3 is 0 Å². The van der Waals surface area contributed by atoms with Crippen molar-refractivity contribution in [2.75, 3.05) is 5.32 Å². The van der Waals surface area contributed by atoms with Crippen LogP contribution in [0.1, 0.15) is 15.9 Å². The van der Waals surface area contributed by atoms with E-state index in [1.54, 1.807) is 36.4 Å². The molecule has 0 unspecified atom stereocenters. The molecule has 2 rings (SSSR count). The van der Waals surface area contributed by atoms with Gasteiger partial charge in [-0.1, -0.05) is 39.7 Å². The number of carbonyl (C=O) groups excluding carboxylic acids is 1. The number of anilines is 1. The van der Waals surface area contributed by atoms with E-state index in [1.807, 2.05) is 0 Å². The number of amides is 1. The van der Waals surface area contributed by atoms with Crippen molar-refractivity contribution in [3.05, 3.63) is 60.6 Å². The predicted molar refractivity (Wildman–Crippen MR) is 102 cm³/mol. The summed E-state index contributed by atoms with van der Waals surface area (Å²) in [7, 11) is 0. The third-order valence-corrected chi connectivity index (χ3v) is 4.56. The normalized spacial score (nSPS) is 10.2. The second-order valence-corrected chi connectivity index (χ2v) is 7.09. The summed E-state index contributed by atoms with van der Waals surface area (Å²) in [6, 6.07) is 10.5. The molecule has 0 aliphatic carbocycles. The molecule has 0 aliphatic rings. The highest BCUT2D eigenvalue weighted by Crippen LogP contribution is 2.23. The molecule has 0 spiro atoms. The van der Waals surface area contributed by atoms with E-state index >= 15 is 0 Å². The van der Waals surface area contributed by atoms with Crippen LogP contribution >= 0.6 is 62.3 Å². The van der Waals surface area contributed by atoms with Crippen molar-refractivity contribution in [1.82, 2.24) is 0 Å². The predicted octanol–water partition coefficient (Wildman–Crippen LogP) is 4.59. The minimum atomic E-state index is -0.262. The molecular weight excluding hydrogens is 486 g/mol. The molecule has 2 aromatic carbocycles. The summed E-state index contributed by atoms with van der Waals surface area (Å²) >= 11 is 16.4. The van der Waals surface area contributed by atoms with Gasteiger partial charge in [-0.2, -0.15) is 0 Å². The molecule has 0 aliphatic heterocycles. The average molecular weight is 496 g/mol. The van der Waals surface area contributed by atoms with Crippen LogP contribution in [-0.2, 0) is 0 Å². The summed E-state index contributed by atoms with van der Waals surface area (Å²) in [6.45, 7) is 0. The van der Waals surface area contributed by atoms with E-state index in [4.69, 9.17) is 29.6 Å². The fourth-order valence-electron chi connectivity index (χ4n) is 1.69. The molecule has 3 N–H and O–H groups in total. The summed E-state index contributed by atoms with van der Waals surface area (Å²) in [6.07, 6.45) is 0. The van der Waals surface area contributed by atoms with Gasteiger partial charge in [-0.15, -0.1) is 0 Å². The number of rotatable bonds is 3. The molecule has 0 fully saturated rings. The smallest absolute Gasteiger partial charge is 0.256 e. The van der Waals surface area contributed by atoms with Gasteiger partial charge in [0.05, 0.1) is 11.3 Å². The molecule has 0 saturated carbocycles. The molecule has 21 heavy (non-hydrogen) atoms. The van der Waals surface area contributed by atoms with E-state index in [9.17, 15) is 4.79 Å². The van der Waals surface area contributed by atoms with E-state index in [0.717, 1.165) is 8.04 Å². The maximum Gasteiger partial charge on any atom is 0.256 e. The summed E-state index contributed by atoms with van der Waals surface area (Å²) in [5.41, 5.74) is 7.35. The van der Waals surface area contributed by atoms with Crippen LogP contribution in [0, 0.1) is 3.57 Å². The maximum absolute atomic E-state index is 12.4. The van der Waals surface area contributed by atoms with Gasteiger partial charge in [-0.3, -0.25) is 4.79 Å². The van der Waals surface area contributed by atoms with Gasteiger partial charge in [0.1, 0.15) is 4.99 Å². The Kier molecular flexibility index (Phi) is 5.59. The van der Waals surface area contributed by atoms with Crippen LogP contribution in [0.15, 0.2) is 40.9 Å². The zero-order valence-corrected chi connectivity index (χ0v) is 15.8. The molecule has 0 saturated heterocycles. The first-order valence-electron chi connectivity index (χ1n) is 5.74. The highest BCUT2D eigenvalue weighted by Gasteiger charge is 2.14. The Morgan fingerprint density at radius 1 is 1.24 bits per heavy atom. The van der Waals surface area contributed by atoms with E-state index in [2.05, 4.69) is 43.8 Å². The van der Waals surface area contributed by atoms with Gasteiger partial charge in [0, 0.05) is 18.6 Å². The lowest BCUT2D eigenvalue weighted by Crippen LogP contribution is -2.18. The Bertz CT molecular complexity index is 739. The van der Waals surface area contributed by atoms with Crippen LogP contribution in [0.2, 0.25) is 5.02 Å². The van der Waals surface area contributed by atoms with E-state index < -0.39 is 0 Å². The molecule has 0 atom stereocenters. The summed E-state index contributed by atoms with van der Waals surface area (Å²) in [4.78, 5) is 12.6. The Balaban J connectivity index is 2.36. The highest BCUT2D eigenvalue weighted by atomic mass is 127. The van der Waals surface area contributed by atoms with Gasteiger partial charge in [0.15, 0.2) is 0 Å². The zero-order chi connectivity index (χ0) is 15.6. The van der Waals surface area contributed by atoms with Crippen molar-refractivity contribution in [3.63, 3.8) is 0 Å². The number of carbonyl (C=O) groups is 1. The molecule has 0 aromatic heterocycles. The van der Waals surface area contributed by atoms with Gasteiger partial charge in [-0.05, 0) is 59.0 Å². The quantitative estimate of drug-likeness (QED) is 0.484. The molecule has 0 heterocycles. The van der Waals surface area contributed by atoms with Crippen LogP contribution in [0.4, 0.5) is 5.69 Å². The summed E-state index contributed by atoms with van der Waals surface area (Å²) in [5.74, 6) is -0.262. The van der Waals surface area contributed by atoms with Crippen LogP contribution in [-0.4, -0.2) is 10.9 Å². The lowest BCUT2D eigenvalue weighted by atomic mass is 10.1. The largest absolute Gasteiger partial charge is 0.389 e. The minimum Gasteiger partial charge on any atom is -0.389 e. The first-order chi connectivity index (χ1) is 9.88. The molecule has 3 nitrogen and oxygen atoms in total. The maximum atomic E-state index is 12.4. The van der Waals surface area contributed by atoms with Crippen molar-refractivity contribution >= 4 is 78.9 Å². The van der Waals surface area contributed by atoms with Crippen LogP contribution in [0.25, 0.3) is 0 Å². The molecular formula is C14H9BrClIN2OS. The average Bonchev–Trinajstić information content (AvgIpc) is 2.43. The first kappa shape index (κ1) is 16.7. The van der Waals surface area contributed by atoms with E-state index in [1.165, 1.54) is 0 Å². The van der Waals surface area contributed by atoms with Crippen molar-refractivity contribution in [2.45, 2.75) is 0 Å². The number of thiocarbonyl (C=S) groups is 1. The van der Waals surface area contributed by atoms with Gasteiger partial charge in [-0.25, -0.2) is 0 Å². The number of nitrogens with one attached hydrogen (secondary N) is 1. The Morgan fingerprint density at radius 3 is 2.62 bits per heavy atom. The van der Waals surface area contributed by atoms with E-state index in [-0.39, 0.29) is 10.9 Å².